The van der Waals surface area contributed by atoms with Gasteiger partial charge in [0.2, 0.25) is 0 Å². The minimum Gasteiger partial charge on any atom is -0.368 e. The molecule has 0 saturated heterocycles. The van der Waals surface area contributed by atoms with E-state index in [0.29, 0.717) is 6.73 Å². The van der Waals surface area contributed by atoms with Crippen molar-refractivity contribution in [2.45, 2.75) is 19.8 Å². The second-order valence-corrected chi connectivity index (χ2v) is 1.91. The van der Waals surface area contributed by atoms with E-state index in [1.165, 1.54) is 0 Å². The third-order valence-corrected chi connectivity index (χ3v) is 0.961. The lowest BCUT2D eigenvalue weighted by Gasteiger charge is -2.04. The fraction of sp³-hybridized carbons (Fsp3) is 1.00. The van der Waals surface area contributed by atoms with Crippen molar-refractivity contribution in [3.63, 3.8) is 0 Å². The number of methoxy groups -OCH3 is 1. The number of unbranched alkanes of at least 4 members (excludes halogenated alkanes) is 1. The molecule has 4 nitrogen and oxygen atoms in total. The molecule has 0 atom stereocenters. The van der Waals surface area contributed by atoms with Crippen molar-refractivity contribution >= 4 is 0 Å². The minimum atomic E-state index is 0.451. The van der Waals surface area contributed by atoms with Crippen molar-refractivity contribution in [1.29, 1.82) is 0 Å². The predicted molar refractivity (Wildman–Crippen MR) is 39.0 cm³/mol. The average Bonchev–Trinajstić information content (AvgIpc) is 1.97. The Morgan fingerprint density at radius 1 is 1.40 bits per heavy atom. The van der Waals surface area contributed by atoms with Gasteiger partial charge in [-0.25, -0.2) is 5.43 Å². The second kappa shape index (κ2) is 8.84. The largest absolute Gasteiger partial charge is 0.368 e. The standard InChI is InChI=1S/C6H16N2O2/c1-3-4-5-10-8-7-6-9-2/h7-8H,3-6H2,1-2H3. The number of rotatable bonds is 7. The Balaban J connectivity index is 2.65. The summed E-state index contributed by atoms with van der Waals surface area (Å²) in [5.74, 6) is 0. The van der Waals surface area contributed by atoms with Crippen LogP contribution in [0.4, 0.5) is 0 Å². The first-order valence-corrected chi connectivity index (χ1v) is 3.50. The normalized spacial score (nSPS) is 10.2. The average molecular weight is 148 g/mol. The maximum atomic E-state index is 4.94. The third-order valence-electron chi connectivity index (χ3n) is 0.961. The molecular weight excluding hydrogens is 132 g/mol. The molecule has 0 spiro atoms. The summed E-state index contributed by atoms with van der Waals surface area (Å²) < 4.78 is 4.69. The highest BCUT2D eigenvalue weighted by Gasteiger charge is 1.83. The van der Waals surface area contributed by atoms with Gasteiger partial charge in [-0.05, 0) is 6.42 Å². The fourth-order valence-electron chi connectivity index (χ4n) is 0.420. The molecule has 62 valence electrons. The first kappa shape index (κ1) is 9.84. The molecule has 2 N–H and O–H groups in total. The molecule has 0 fully saturated rings. The van der Waals surface area contributed by atoms with Gasteiger partial charge in [0.1, 0.15) is 6.73 Å². The monoisotopic (exact) mass is 148 g/mol. The van der Waals surface area contributed by atoms with Gasteiger partial charge in [-0.1, -0.05) is 13.3 Å². The van der Waals surface area contributed by atoms with E-state index in [2.05, 4.69) is 17.9 Å². The van der Waals surface area contributed by atoms with E-state index in [0.717, 1.165) is 19.4 Å². The fourth-order valence-corrected chi connectivity index (χ4v) is 0.420. The van der Waals surface area contributed by atoms with E-state index >= 15 is 0 Å². The van der Waals surface area contributed by atoms with Crippen LogP contribution in [0.5, 0.6) is 0 Å². The summed E-state index contributed by atoms with van der Waals surface area (Å²) in [7, 11) is 1.61. The zero-order valence-corrected chi connectivity index (χ0v) is 6.64. The molecule has 0 saturated carbocycles. The highest BCUT2D eigenvalue weighted by Crippen LogP contribution is 1.83. The van der Waals surface area contributed by atoms with Crippen LogP contribution in [0.25, 0.3) is 0 Å². The van der Waals surface area contributed by atoms with Crippen LogP contribution in [0.1, 0.15) is 19.8 Å². The topological polar surface area (TPSA) is 42.5 Å². The van der Waals surface area contributed by atoms with Gasteiger partial charge in [0, 0.05) is 7.11 Å². The quantitative estimate of drug-likeness (QED) is 0.312. The van der Waals surface area contributed by atoms with Gasteiger partial charge in [0.05, 0.1) is 6.61 Å². The second-order valence-electron chi connectivity index (χ2n) is 1.91. The Hall–Kier alpha value is -0.160. The lowest BCUT2D eigenvalue weighted by atomic mass is 10.4. The van der Waals surface area contributed by atoms with Crippen LogP contribution in [-0.4, -0.2) is 20.4 Å². The van der Waals surface area contributed by atoms with Gasteiger partial charge in [-0.15, -0.1) is 5.59 Å². The van der Waals surface area contributed by atoms with Gasteiger partial charge in [0.25, 0.3) is 0 Å². The van der Waals surface area contributed by atoms with Gasteiger partial charge >= 0.3 is 0 Å². The van der Waals surface area contributed by atoms with E-state index in [4.69, 9.17) is 9.57 Å². The maximum absolute atomic E-state index is 4.94. The number of ether oxygens (including phenoxy) is 1. The van der Waals surface area contributed by atoms with Crippen LogP contribution in [0.2, 0.25) is 0 Å². The van der Waals surface area contributed by atoms with Crippen molar-refractivity contribution < 1.29 is 9.57 Å². The molecule has 0 heterocycles. The van der Waals surface area contributed by atoms with Crippen molar-refractivity contribution in [2.75, 3.05) is 20.4 Å². The molecule has 0 amide bonds. The molecule has 0 aromatic heterocycles. The molecule has 0 aliphatic heterocycles. The first-order valence-electron chi connectivity index (χ1n) is 3.50. The van der Waals surface area contributed by atoms with Crippen LogP contribution >= 0.6 is 0 Å². The molecule has 4 heteroatoms. The Labute approximate surface area is 61.8 Å². The molecule has 0 aliphatic rings. The number of hydrazine groups is 1. The molecule has 0 aliphatic carbocycles. The highest BCUT2D eigenvalue weighted by atomic mass is 16.7. The summed E-state index contributed by atoms with van der Waals surface area (Å²) in [5.41, 5.74) is 5.25. The maximum Gasteiger partial charge on any atom is 0.111 e. The van der Waals surface area contributed by atoms with Crippen LogP contribution in [0, 0.1) is 0 Å². The summed E-state index contributed by atoms with van der Waals surface area (Å²) in [6.45, 7) is 3.30. The van der Waals surface area contributed by atoms with Gasteiger partial charge in [-0.3, -0.25) is 4.84 Å². The number of hydrogen-bond donors (Lipinski definition) is 2. The molecule has 0 bridgehead atoms. The summed E-state index contributed by atoms with van der Waals surface area (Å²) >= 11 is 0. The minimum absolute atomic E-state index is 0.451. The molecule has 0 radical (unpaired) electrons. The number of nitrogens with one attached hydrogen (secondary N) is 2. The number of hydrogen-bond acceptors (Lipinski definition) is 4. The molecule has 0 rings (SSSR count). The van der Waals surface area contributed by atoms with Gasteiger partial charge in [0.15, 0.2) is 0 Å². The first-order chi connectivity index (χ1) is 4.91. The van der Waals surface area contributed by atoms with Gasteiger partial charge in [-0.2, -0.15) is 0 Å². The Morgan fingerprint density at radius 2 is 2.20 bits per heavy atom. The zero-order chi connectivity index (χ0) is 7.66. The lowest BCUT2D eigenvalue weighted by Crippen LogP contribution is -2.33. The molecular formula is C6H16N2O2. The Kier molecular flexibility index (Phi) is 8.70. The summed E-state index contributed by atoms with van der Waals surface area (Å²) in [5, 5.41) is 0. The molecule has 10 heavy (non-hydrogen) atoms. The summed E-state index contributed by atoms with van der Waals surface area (Å²) in [6, 6.07) is 0. The highest BCUT2D eigenvalue weighted by molar-refractivity contribution is 4.27. The molecule has 0 aromatic carbocycles. The Morgan fingerprint density at radius 3 is 2.80 bits per heavy atom. The van der Waals surface area contributed by atoms with Gasteiger partial charge < -0.3 is 4.74 Å². The van der Waals surface area contributed by atoms with Crippen molar-refractivity contribution in [3.05, 3.63) is 0 Å². The van der Waals surface area contributed by atoms with Crippen LogP contribution in [-0.2, 0) is 9.57 Å². The summed E-state index contributed by atoms with van der Waals surface area (Å²) in [6.07, 6.45) is 2.22. The molecule has 0 aromatic rings. The zero-order valence-electron chi connectivity index (χ0n) is 6.64. The predicted octanol–water partition coefficient (Wildman–Crippen LogP) is 0.416. The van der Waals surface area contributed by atoms with Crippen molar-refractivity contribution in [3.8, 4) is 0 Å². The van der Waals surface area contributed by atoms with E-state index in [9.17, 15) is 0 Å². The molecule has 0 unspecified atom stereocenters. The van der Waals surface area contributed by atoms with Crippen LogP contribution in [0.3, 0.4) is 0 Å². The van der Waals surface area contributed by atoms with Crippen molar-refractivity contribution in [2.24, 2.45) is 0 Å². The van der Waals surface area contributed by atoms with E-state index in [-0.39, 0.29) is 0 Å². The van der Waals surface area contributed by atoms with Crippen molar-refractivity contribution in [1.82, 2.24) is 11.0 Å². The van der Waals surface area contributed by atoms with E-state index in [1.807, 2.05) is 0 Å². The third kappa shape index (κ3) is 7.84. The Bertz CT molecular complexity index is 53.7. The SMILES string of the molecule is CCCCONNCOC. The van der Waals surface area contributed by atoms with Crippen LogP contribution < -0.4 is 11.0 Å². The van der Waals surface area contributed by atoms with E-state index in [1.54, 1.807) is 7.11 Å². The van der Waals surface area contributed by atoms with Crippen LogP contribution in [0.15, 0.2) is 0 Å². The smallest absolute Gasteiger partial charge is 0.111 e. The lowest BCUT2D eigenvalue weighted by molar-refractivity contribution is -0.0141. The summed E-state index contributed by atoms with van der Waals surface area (Å²) in [4.78, 5) is 4.94. The van der Waals surface area contributed by atoms with E-state index < -0.39 is 0 Å².